The van der Waals surface area contributed by atoms with Crippen LogP contribution in [0.1, 0.15) is 38.1 Å². The normalized spacial score (nSPS) is 11.8. The summed E-state index contributed by atoms with van der Waals surface area (Å²) in [7, 11) is 0. The van der Waals surface area contributed by atoms with E-state index in [1.54, 1.807) is 6.92 Å². The van der Waals surface area contributed by atoms with Gasteiger partial charge in [0.25, 0.3) is 0 Å². The number of benzene rings is 1. The summed E-state index contributed by atoms with van der Waals surface area (Å²) in [5, 5.41) is 4.32. The molecule has 0 saturated carbocycles. The van der Waals surface area contributed by atoms with Crippen LogP contribution in [-0.4, -0.2) is 16.3 Å². The molecular weight excluding hydrogens is 212 g/mol. The lowest BCUT2D eigenvalue weighted by Gasteiger charge is -2.21. The lowest BCUT2D eigenvalue weighted by Crippen LogP contribution is -2.27. The summed E-state index contributed by atoms with van der Waals surface area (Å²) in [6, 6.07) is 7.86. The number of carbonyl (C=O) groups excluding carboxylic acids is 1. The number of fused-ring (bicyclic) bond motifs is 1. The van der Waals surface area contributed by atoms with E-state index in [2.05, 4.69) is 31.1 Å². The summed E-state index contributed by atoms with van der Waals surface area (Å²) >= 11 is 0. The fourth-order valence-corrected chi connectivity index (χ4v) is 1.98. The molecule has 0 spiro atoms. The molecule has 0 bridgehead atoms. The van der Waals surface area contributed by atoms with E-state index in [0.717, 1.165) is 22.3 Å². The number of para-hydroxylation sites is 1. The highest BCUT2D eigenvalue weighted by Crippen LogP contribution is 2.28. The molecule has 1 heterocycles. The van der Waals surface area contributed by atoms with Crippen LogP contribution in [-0.2, 0) is 0 Å². The third-order valence-electron chi connectivity index (χ3n) is 2.56. The Morgan fingerprint density at radius 3 is 2.47 bits per heavy atom. The van der Waals surface area contributed by atoms with Gasteiger partial charge in [-0.15, -0.1) is 0 Å². The third-order valence-corrected chi connectivity index (χ3v) is 2.56. The van der Waals surface area contributed by atoms with Crippen LogP contribution in [0.3, 0.4) is 0 Å². The second-order valence-electron chi connectivity index (χ2n) is 5.35. The molecule has 17 heavy (non-hydrogen) atoms. The van der Waals surface area contributed by atoms with Crippen LogP contribution in [0.25, 0.3) is 10.9 Å². The van der Waals surface area contributed by atoms with E-state index in [1.165, 1.54) is 0 Å². The standard InChI is InChI=1S/C14H18N2O/c1-9(17)12-10-7-5-6-8-11(10)15-13(12)16-14(2,3)4/h5-8,15-16H,1-4H3. The van der Waals surface area contributed by atoms with E-state index < -0.39 is 0 Å². The fourth-order valence-electron chi connectivity index (χ4n) is 1.98. The van der Waals surface area contributed by atoms with E-state index in [-0.39, 0.29) is 11.3 Å². The zero-order chi connectivity index (χ0) is 12.6. The summed E-state index contributed by atoms with van der Waals surface area (Å²) in [6.45, 7) is 7.82. The molecule has 0 aliphatic heterocycles. The summed E-state index contributed by atoms with van der Waals surface area (Å²) in [5.74, 6) is 0.889. The van der Waals surface area contributed by atoms with E-state index in [1.807, 2.05) is 24.3 Å². The molecule has 1 aromatic heterocycles. The highest BCUT2D eigenvalue weighted by molar-refractivity contribution is 6.11. The number of ketones is 1. The SMILES string of the molecule is CC(=O)c1c(NC(C)(C)C)[nH]c2ccccc12. The maximum absolute atomic E-state index is 11.8. The first kappa shape index (κ1) is 11.7. The first-order valence-electron chi connectivity index (χ1n) is 5.78. The Labute approximate surface area is 101 Å². The minimum atomic E-state index is -0.0783. The van der Waals surface area contributed by atoms with Crippen LogP contribution in [0.5, 0.6) is 0 Å². The van der Waals surface area contributed by atoms with Gasteiger partial charge in [0.05, 0.1) is 5.56 Å². The first-order chi connectivity index (χ1) is 7.88. The Hall–Kier alpha value is -1.77. The number of rotatable bonds is 2. The lowest BCUT2D eigenvalue weighted by molar-refractivity contribution is 0.102. The zero-order valence-corrected chi connectivity index (χ0v) is 10.7. The molecule has 3 nitrogen and oxygen atoms in total. The molecule has 3 heteroatoms. The third kappa shape index (κ3) is 2.33. The van der Waals surface area contributed by atoms with Gasteiger partial charge in [-0.1, -0.05) is 18.2 Å². The van der Waals surface area contributed by atoms with Crippen molar-refractivity contribution in [2.45, 2.75) is 33.2 Å². The van der Waals surface area contributed by atoms with Gasteiger partial charge in [-0.05, 0) is 33.8 Å². The van der Waals surface area contributed by atoms with Crippen molar-refractivity contribution >= 4 is 22.5 Å². The van der Waals surface area contributed by atoms with Crippen molar-refractivity contribution in [3.63, 3.8) is 0 Å². The molecule has 1 aromatic carbocycles. The van der Waals surface area contributed by atoms with Gasteiger partial charge in [0.2, 0.25) is 0 Å². The van der Waals surface area contributed by atoms with Gasteiger partial charge in [-0.25, -0.2) is 0 Å². The fraction of sp³-hybridized carbons (Fsp3) is 0.357. The predicted molar refractivity (Wildman–Crippen MR) is 71.7 cm³/mol. The number of H-pyrrole nitrogens is 1. The molecule has 0 fully saturated rings. The minimum absolute atomic E-state index is 0.0780. The summed E-state index contributed by atoms with van der Waals surface area (Å²) in [6.07, 6.45) is 0. The molecule has 0 atom stereocenters. The van der Waals surface area contributed by atoms with Crippen molar-refractivity contribution in [1.29, 1.82) is 0 Å². The van der Waals surface area contributed by atoms with Crippen molar-refractivity contribution in [1.82, 2.24) is 4.98 Å². The average molecular weight is 230 g/mol. The van der Waals surface area contributed by atoms with Gasteiger partial charge >= 0.3 is 0 Å². The molecule has 0 unspecified atom stereocenters. The van der Waals surface area contributed by atoms with E-state index >= 15 is 0 Å². The number of hydrogen-bond acceptors (Lipinski definition) is 2. The van der Waals surface area contributed by atoms with Gasteiger partial charge in [-0.3, -0.25) is 4.79 Å². The average Bonchev–Trinajstić information content (AvgIpc) is 2.51. The van der Waals surface area contributed by atoms with Gasteiger partial charge < -0.3 is 10.3 Å². The molecule has 90 valence electrons. The molecule has 0 radical (unpaired) electrons. The molecule has 0 aliphatic rings. The second kappa shape index (κ2) is 3.91. The monoisotopic (exact) mass is 230 g/mol. The van der Waals surface area contributed by atoms with Crippen molar-refractivity contribution in [3.05, 3.63) is 29.8 Å². The number of anilines is 1. The predicted octanol–water partition coefficient (Wildman–Crippen LogP) is 3.58. The Balaban J connectivity index is 2.62. The van der Waals surface area contributed by atoms with Crippen LogP contribution in [0, 0.1) is 0 Å². The number of nitrogens with one attached hydrogen (secondary N) is 2. The molecule has 2 aromatic rings. The largest absolute Gasteiger partial charge is 0.366 e. The van der Waals surface area contributed by atoms with Gasteiger partial charge in [0.15, 0.2) is 5.78 Å². The molecule has 0 amide bonds. The molecule has 0 aliphatic carbocycles. The number of Topliss-reactive ketones (excluding diaryl/α,β-unsaturated/α-hetero) is 1. The van der Waals surface area contributed by atoms with Crippen LogP contribution in [0.4, 0.5) is 5.82 Å². The van der Waals surface area contributed by atoms with E-state index in [9.17, 15) is 4.79 Å². The second-order valence-corrected chi connectivity index (χ2v) is 5.35. The van der Waals surface area contributed by atoms with Gasteiger partial charge in [0, 0.05) is 16.4 Å². The highest BCUT2D eigenvalue weighted by atomic mass is 16.1. The topological polar surface area (TPSA) is 44.9 Å². The number of aromatic nitrogens is 1. The quantitative estimate of drug-likeness (QED) is 0.774. The minimum Gasteiger partial charge on any atom is -0.366 e. The number of hydrogen-bond donors (Lipinski definition) is 2. The molecular formula is C14H18N2O. The van der Waals surface area contributed by atoms with E-state index in [0.29, 0.717) is 0 Å². The number of aromatic amines is 1. The Bertz CT molecular complexity index is 561. The van der Waals surface area contributed by atoms with Gasteiger partial charge in [-0.2, -0.15) is 0 Å². The molecule has 2 N–H and O–H groups in total. The number of carbonyl (C=O) groups is 1. The van der Waals surface area contributed by atoms with Crippen LogP contribution < -0.4 is 5.32 Å². The Kier molecular flexibility index (Phi) is 2.69. The van der Waals surface area contributed by atoms with Crippen LogP contribution in [0.15, 0.2) is 24.3 Å². The summed E-state index contributed by atoms with van der Waals surface area (Å²) < 4.78 is 0. The van der Waals surface area contributed by atoms with E-state index in [4.69, 9.17) is 0 Å². The molecule has 0 saturated heterocycles. The van der Waals surface area contributed by atoms with Crippen molar-refractivity contribution in [2.24, 2.45) is 0 Å². The summed E-state index contributed by atoms with van der Waals surface area (Å²) in [4.78, 5) is 15.0. The summed E-state index contributed by atoms with van der Waals surface area (Å²) in [5.41, 5.74) is 1.66. The zero-order valence-electron chi connectivity index (χ0n) is 10.7. The Morgan fingerprint density at radius 1 is 1.24 bits per heavy atom. The maximum Gasteiger partial charge on any atom is 0.164 e. The highest BCUT2D eigenvalue weighted by Gasteiger charge is 2.18. The van der Waals surface area contributed by atoms with Crippen molar-refractivity contribution in [3.8, 4) is 0 Å². The van der Waals surface area contributed by atoms with Crippen LogP contribution in [0.2, 0.25) is 0 Å². The lowest BCUT2D eigenvalue weighted by atomic mass is 10.1. The van der Waals surface area contributed by atoms with Crippen molar-refractivity contribution < 1.29 is 4.79 Å². The maximum atomic E-state index is 11.8. The van der Waals surface area contributed by atoms with Crippen LogP contribution >= 0.6 is 0 Å². The first-order valence-corrected chi connectivity index (χ1v) is 5.78. The smallest absolute Gasteiger partial charge is 0.164 e. The van der Waals surface area contributed by atoms with Gasteiger partial charge in [0.1, 0.15) is 5.82 Å². The molecule has 2 rings (SSSR count). The Morgan fingerprint density at radius 2 is 1.88 bits per heavy atom. The van der Waals surface area contributed by atoms with Crippen molar-refractivity contribution in [2.75, 3.05) is 5.32 Å².